The van der Waals surface area contributed by atoms with Gasteiger partial charge in [-0.3, -0.25) is 4.90 Å². The third-order valence-electron chi connectivity index (χ3n) is 5.33. The Bertz CT molecular complexity index is 667. The maximum absolute atomic E-state index is 10.6. The average molecular weight is 342 g/mol. The number of benzene rings is 1. The summed E-state index contributed by atoms with van der Waals surface area (Å²) in [5.74, 6) is 2.05. The minimum Gasteiger partial charge on any atom is -0.443 e. The van der Waals surface area contributed by atoms with Crippen LogP contribution < -0.4 is 0 Å². The molecule has 1 N–H and O–H groups in total. The molecular weight excluding hydrogens is 312 g/mol. The monoisotopic (exact) mass is 342 g/mol. The number of rotatable bonds is 4. The summed E-state index contributed by atoms with van der Waals surface area (Å²) in [7, 11) is 0. The van der Waals surface area contributed by atoms with Crippen molar-refractivity contribution >= 4 is 0 Å². The second kappa shape index (κ2) is 7.30. The van der Waals surface area contributed by atoms with E-state index in [2.05, 4.69) is 37.6 Å². The van der Waals surface area contributed by atoms with Gasteiger partial charge in [0.2, 0.25) is 5.89 Å². The quantitative estimate of drug-likeness (QED) is 0.890. The fourth-order valence-corrected chi connectivity index (χ4v) is 3.53. The molecule has 2 heterocycles. The van der Waals surface area contributed by atoms with Gasteiger partial charge < -0.3 is 9.52 Å². The van der Waals surface area contributed by atoms with Gasteiger partial charge in [0.15, 0.2) is 0 Å². The van der Waals surface area contributed by atoms with Gasteiger partial charge in [-0.25, -0.2) is 4.98 Å². The summed E-state index contributed by atoms with van der Waals surface area (Å²) >= 11 is 0. The van der Waals surface area contributed by atoms with E-state index in [1.54, 1.807) is 0 Å². The van der Waals surface area contributed by atoms with Crippen molar-refractivity contribution in [3.05, 3.63) is 53.7 Å². The first-order chi connectivity index (χ1) is 11.9. The van der Waals surface area contributed by atoms with E-state index in [0.717, 1.165) is 43.1 Å². The zero-order valence-electron chi connectivity index (χ0n) is 15.8. The fourth-order valence-electron chi connectivity index (χ4n) is 3.53. The van der Waals surface area contributed by atoms with Crippen molar-refractivity contribution in [2.45, 2.75) is 58.1 Å². The van der Waals surface area contributed by atoms with Crippen LogP contribution in [-0.2, 0) is 5.41 Å². The third-order valence-corrected chi connectivity index (χ3v) is 5.33. The predicted octanol–water partition coefficient (Wildman–Crippen LogP) is 4.48. The molecule has 0 radical (unpaired) electrons. The van der Waals surface area contributed by atoms with E-state index in [0.29, 0.717) is 5.92 Å². The second-order valence-corrected chi connectivity index (χ2v) is 8.22. The van der Waals surface area contributed by atoms with Gasteiger partial charge in [0.25, 0.3) is 0 Å². The van der Waals surface area contributed by atoms with Crippen LogP contribution >= 0.6 is 0 Å². The van der Waals surface area contributed by atoms with Crippen LogP contribution in [0.1, 0.15) is 69.9 Å². The zero-order chi connectivity index (χ0) is 18.0. The molecule has 2 aromatic rings. The molecule has 4 nitrogen and oxygen atoms in total. The number of likely N-dealkylation sites (tertiary alicyclic amines) is 1. The maximum Gasteiger partial charge on any atom is 0.211 e. The molecule has 0 spiro atoms. The van der Waals surface area contributed by atoms with Crippen LogP contribution in [0.5, 0.6) is 0 Å². The number of aromatic nitrogens is 1. The molecule has 1 aromatic heterocycles. The molecule has 2 atom stereocenters. The molecule has 1 aromatic carbocycles. The van der Waals surface area contributed by atoms with E-state index in [4.69, 9.17) is 4.42 Å². The largest absolute Gasteiger partial charge is 0.443 e. The van der Waals surface area contributed by atoms with Gasteiger partial charge >= 0.3 is 0 Å². The first-order valence-corrected chi connectivity index (χ1v) is 9.29. The number of hydrogen-bond acceptors (Lipinski definition) is 4. The van der Waals surface area contributed by atoms with Gasteiger partial charge in [-0.1, -0.05) is 51.1 Å². The number of nitrogens with zero attached hydrogens (tertiary/aromatic N) is 2. The van der Waals surface area contributed by atoms with Crippen molar-refractivity contribution in [2.75, 3.05) is 13.1 Å². The highest BCUT2D eigenvalue weighted by Gasteiger charge is 2.30. The van der Waals surface area contributed by atoms with Crippen molar-refractivity contribution in [2.24, 2.45) is 5.92 Å². The number of hydrogen-bond donors (Lipinski definition) is 1. The van der Waals surface area contributed by atoms with Gasteiger partial charge in [-0.05, 0) is 44.3 Å². The lowest BCUT2D eigenvalue weighted by Crippen LogP contribution is -2.37. The SMILES string of the molecule is CC(c1ncc(C(C)(C)C)o1)N1CCC(C(O)c2ccccc2)CC1. The smallest absolute Gasteiger partial charge is 0.211 e. The lowest BCUT2D eigenvalue weighted by Gasteiger charge is -2.36. The van der Waals surface area contributed by atoms with E-state index < -0.39 is 0 Å². The van der Waals surface area contributed by atoms with Crippen LogP contribution in [0.25, 0.3) is 0 Å². The maximum atomic E-state index is 10.6. The van der Waals surface area contributed by atoms with E-state index in [1.807, 2.05) is 36.5 Å². The standard InChI is InChI=1S/C21H30N2O2/c1-15(20-22-14-18(25-20)21(2,3)4)23-12-10-17(11-13-23)19(24)16-8-6-5-7-9-16/h5-9,14-15,17,19,24H,10-13H2,1-4H3. The lowest BCUT2D eigenvalue weighted by molar-refractivity contribution is 0.0427. The Morgan fingerprint density at radius 2 is 1.80 bits per heavy atom. The van der Waals surface area contributed by atoms with Crippen LogP contribution in [0.3, 0.4) is 0 Å². The molecule has 0 aliphatic carbocycles. The molecule has 2 unspecified atom stereocenters. The van der Waals surface area contributed by atoms with Crippen molar-refractivity contribution in [1.82, 2.24) is 9.88 Å². The van der Waals surface area contributed by atoms with Crippen molar-refractivity contribution in [3.63, 3.8) is 0 Å². The van der Waals surface area contributed by atoms with E-state index >= 15 is 0 Å². The number of aliphatic hydroxyl groups is 1. The molecule has 3 rings (SSSR count). The molecule has 1 aliphatic rings. The predicted molar refractivity (Wildman–Crippen MR) is 99.3 cm³/mol. The van der Waals surface area contributed by atoms with Crippen LogP contribution in [0.15, 0.2) is 40.9 Å². The first kappa shape index (κ1) is 18.2. The minimum atomic E-state index is -0.368. The van der Waals surface area contributed by atoms with Crippen molar-refractivity contribution in [3.8, 4) is 0 Å². The number of piperidine rings is 1. The summed E-state index contributed by atoms with van der Waals surface area (Å²) in [6, 6.07) is 10.2. The van der Waals surface area contributed by atoms with Gasteiger partial charge in [-0.15, -0.1) is 0 Å². The average Bonchev–Trinajstić information content (AvgIpc) is 3.12. The molecule has 25 heavy (non-hydrogen) atoms. The lowest BCUT2D eigenvalue weighted by atomic mass is 9.87. The van der Waals surface area contributed by atoms with Gasteiger partial charge in [-0.2, -0.15) is 0 Å². The molecule has 1 aliphatic heterocycles. The summed E-state index contributed by atoms with van der Waals surface area (Å²) in [6.07, 6.45) is 3.48. The first-order valence-electron chi connectivity index (χ1n) is 9.29. The Labute approximate surface area is 150 Å². The molecule has 0 bridgehead atoms. The van der Waals surface area contributed by atoms with Gasteiger partial charge in [0, 0.05) is 5.41 Å². The molecule has 1 fully saturated rings. The van der Waals surface area contributed by atoms with E-state index in [-0.39, 0.29) is 17.6 Å². The highest BCUT2D eigenvalue weighted by molar-refractivity contribution is 5.18. The molecule has 1 saturated heterocycles. The van der Waals surface area contributed by atoms with Gasteiger partial charge in [0.05, 0.1) is 18.3 Å². The van der Waals surface area contributed by atoms with Crippen molar-refractivity contribution in [1.29, 1.82) is 0 Å². The van der Waals surface area contributed by atoms with Crippen LogP contribution in [0.4, 0.5) is 0 Å². The van der Waals surface area contributed by atoms with Gasteiger partial charge in [0.1, 0.15) is 5.76 Å². The van der Waals surface area contributed by atoms with Crippen molar-refractivity contribution < 1.29 is 9.52 Å². The Kier molecular flexibility index (Phi) is 5.30. The van der Waals surface area contributed by atoms with Crippen LogP contribution in [0, 0.1) is 5.92 Å². The third kappa shape index (κ3) is 4.13. The fraction of sp³-hybridized carbons (Fsp3) is 0.571. The summed E-state index contributed by atoms with van der Waals surface area (Å²) in [6.45, 7) is 10.5. The molecular formula is C21H30N2O2. The Balaban J connectivity index is 1.59. The molecule has 0 amide bonds. The molecule has 4 heteroatoms. The second-order valence-electron chi connectivity index (χ2n) is 8.22. The summed E-state index contributed by atoms with van der Waals surface area (Å²) < 4.78 is 6.00. The highest BCUT2D eigenvalue weighted by Crippen LogP contribution is 2.34. The van der Waals surface area contributed by atoms with E-state index in [1.165, 1.54) is 0 Å². The summed E-state index contributed by atoms with van der Waals surface area (Å²) in [5, 5.41) is 10.6. The highest BCUT2D eigenvalue weighted by atomic mass is 16.4. The van der Waals surface area contributed by atoms with Crippen LogP contribution in [0.2, 0.25) is 0 Å². The molecule has 0 saturated carbocycles. The summed E-state index contributed by atoms with van der Waals surface area (Å²) in [5.41, 5.74) is 1.01. The Morgan fingerprint density at radius 3 is 2.36 bits per heavy atom. The topological polar surface area (TPSA) is 49.5 Å². The zero-order valence-corrected chi connectivity index (χ0v) is 15.8. The Morgan fingerprint density at radius 1 is 1.16 bits per heavy atom. The molecule has 136 valence electrons. The normalized spacial score (nSPS) is 19.7. The number of aliphatic hydroxyl groups excluding tert-OH is 1. The van der Waals surface area contributed by atoms with E-state index in [9.17, 15) is 5.11 Å². The Hall–Kier alpha value is -1.65. The minimum absolute atomic E-state index is 0.0161. The number of oxazole rings is 1. The van der Waals surface area contributed by atoms with Crippen LogP contribution in [-0.4, -0.2) is 28.1 Å². The summed E-state index contributed by atoms with van der Waals surface area (Å²) in [4.78, 5) is 6.91.